The van der Waals surface area contributed by atoms with Crippen LogP contribution in [0.5, 0.6) is 5.75 Å². The Hall–Kier alpha value is -2.83. The van der Waals surface area contributed by atoms with E-state index in [2.05, 4.69) is 0 Å². The molecule has 0 aliphatic carbocycles. The smallest absolute Gasteiger partial charge is 0.277 e. The van der Waals surface area contributed by atoms with E-state index in [0.29, 0.717) is 21.9 Å². The third-order valence-corrected chi connectivity index (χ3v) is 5.12. The summed E-state index contributed by atoms with van der Waals surface area (Å²) in [6, 6.07) is 12.7. The summed E-state index contributed by atoms with van der Waals surface area (Å²) >= 11 is 5.97. The van der Waals surface area contributed by atoms with Crippen molar-refractivity contribution >= 4 is 29.0 Å². The summed E-state index contributed by atoms with van der Waals surface area (Å²) in [6.07, 6.45) is 0. The maximum absolute atomic E-state index is 13.1. The first-order valence-corrected chi connectivity index (χ1v) is 10.1. The van der Waals surface area contributed by atoms with Crippen molar-refractivity contribution in [3.05, 3.63) is 69.9 Å². The van der Waals surface area contributed by atoms with Gasteiger partial charge in [0.25, 0.3) is 11.8 Å². The summed E-state index contributed by atoms with van der Waals surface area (Å²) in [6.45, 7) is 4.38. The van der Waals surface area contributed by atoms with E-state index in [-0.39, 0.29) is 37.9 Å². The number of halogens is 1. The predicted molar refractivity (Wildman–Crippen MR) is 116 cm³/mol. The number of hydrogen-bond donors (Lipinski definition) is 1. The SMILES string of the molecule is Cc1cc(C)cc(OCCN2C(=O)C(c3ccc(Cl)cc3)=C(N(C)CCO)C2=O)c1. The second-order valence-electron chi connectivity index (χ2n) is 7.31. The molecule has 1 aliphatic heterocycles. The van der Waals surface area contributed by atoms with Crippen LogP contribution in [0.25, 0.3) is 5.57 Å². The quantitative estimate of drug-likeness (QED) is 0.654. The first-order chi connectivity index (χ1) is 14.3. The first kappa shape index (κ1) is 21.9. The molecule has 0 bridgehead atoms. The van der Waals surface area contributed by atoms with Gasteiger partial charge in [0, 0.05) is 18.6 Å². The fourth-order valence-electron chi connectivity index (χ4n) is 3.53. The lowest BCUT2D eigenvalue weighted by Crippen LogP contribution is -2.37. The number of nitrogens with zero attached hydrogens (tertiary/aromatic N) is 2. The van der Waals surface area contributed by atoms with Crippen LogP contribution in [0, 0.1) is 13.8 Å². The highest BCUT2D eigenvalue weighted by Crippen LogP contribution is 2.31. The highest BCUT2D eigenvalue weighted by atomic mass is 35.5. The summed E-state index contributed by atoms with van der Waals surface area (Å²) in [7, 11) is 1.68. The van der Waals surface area contributed by atoms with Crippen molar-refractivity contribution in [3.8, 4) is 5.75 Å². The molecule has 30 heavy (non-hydrogen) atoms. The highest BCUT2D eigenvalue weighted by Gasteiger charge is 2.40. The van der Waals surface area contributed by atoms with Gasteiger partial charge in [-0.2, -0.15) is 0 Å². The molecule has 6 nitrogen and oxygen atoms in total. The van der Waals surface area contributed by atoms with Crippen LogP contribution in [0.1, 0.15) is 16.7 Å². The van der Waals surface area contributed by atoms with E-state index >= 15 is 0 Å². The number of likely N-dealkylation sites (N-methyl/N-ethyl adjacent to an activating group) is 1. The van der Waals surface area contributed by atoms with Gasteiger partial charge in [0.2, 0.25) is 0 Å². The molecule has 0 aromatic heterocycles. The summed E-state index contributed by atoms with van der Waals surface area (Å²) in [4.78, 5) is 29.0. The summed E-state index contributed by atoms with van der Waals surface area (Å²) in [5.41, 5.74) is 3.34. The number of carbonyl (C=O) groups excluding carboxylic acids is 2. The molecule has 0 saturated carbocycles. The highest BCUT2D eigenvalue weighted by molar-refractivity contribution is 6.36. The first-order valence-electron chi connectivity index (χ1n) is 9.71. The zero-order chi connectivity index (χ0) is 21.8. The number of amides is 2. The second-order valence-corrected chi connectivity index (χ2v) is 7.75. The van der Waals surface area contributed by atoms with Gasteiger partial charge in [-0.05, 0) is 54.8 Å². The van der Waals surface area contributed by atoms with E-state index in [1.807, 2.05) is 32.0 Å². The van der Waals surface area contributed by atoms with Gasteiger partial charge in [0.15, 0.2) is 0 Å². The topological polar surface area (TPSA) is 70.1 Å². The van der Waals surface area contributed by atoms with Crippen LogP contribution in [0.3, 0.4) is 0 Å². The molecule has 3 rings (SSSR count). The van der Waals surface area contributed by atoms with Crippen LogP contribution in [0.15, 0.2) is 48.2 Å². The lowest BCUT2D eigenvalue weighted by Gasteiger charge is -2.20. The summed E-state index contributed by atoms with van der Waals surface area (Å²) in [5.74, 6) is -0.0776. The molecule has 2 aromatic carbocycles. The Labute approximate surface area is 181 Å². The molecule has 1 N–H and O–H groups in total. The molecular weight excluding hydrogens is 404 g/mol. The van der Waals surface area contributed by atoms with E-state index in [9.17, 15) is 14.7 Å². The van der Waals surface area contributed by atoms with Gasteiger partial charge in [0.05, 0.1) is 18.7 Å². The van der Waals surface area contributed by atoms with Gasteiger partial charge in [-0.1, -0.05) is 29.8 Å². The van der Waals surface area contributed by atoms with Crippen molar-refractivity contribution in [2.24, 2.45) is 0 Å². The monoisotopic (exact) mass is 428 g/mol. The van der Waals surface area contributed by atoms with Crippen molar-refractivity contribution in [2.75, 3.05) is 33.4 Å². The number of carbonyl (C=O) groups is 2. The number of benzene rings is 2. The second kappa shape index (κ2) is 9.32. The number of rotatable bonds is 8. The lowest BCUT2D eigenvalue weighted by molar-refractivity contribution is -0.137. The maximum atomic E-state index is 13.1. The third-order valence-electron chi connectivity index (χ3n) is 4.87. The minimum absolute atomic E-state index is 0.123. The fourth-order valence-corrected chi connectivity index (χ4v) is 3.66. The Morgan fingerprint density at radius 1 is 1.03 bits per heavy atom. The largest absolute Gasteiger partial charge is 0.492 e. The zero-order valence-electron chi connectivity index (χ0n) is 17.3. The molecule has 2 amide bonds. The Balaban J connectivity index is 1.81. The van der Waals surface area contributed by atoms with Gasteiger partial charge < -0.3 is 14.7 Å². The Kier molecular flexibility index (Phi) is 6.80. The van der Waals surface area contributed by atoms with Crippen LogP contribution in [-0.4, -0.2) is 60.1 Å². The van der Waals surface area contributed by atoms with Gasteiger partial charge in [-0.25, -0.2) is 0 Å². The van der Waals surface area contributed by atoms with Gasteiger partial charge in [-0.15, -0.1) is 0 Å². The number of imide groups is 1. The number of aliphatic hydroxyl groups is 1. The predicted octanol–water partition coefficient (Wildman–Crippen LogP) is 3.04. The fraction of sp³-hybridized carbons (Fsp3) is 0.304. The number of aryl methyl sites for hydroxylation is 2. The van der Waals surface area contributed by atoms with Crippen LogP contribution in [0.4, 0.5) is 0 Å². The van der Waals surface area contributed by atoms with E-state index in [4.69, 9.17) is 16.3 Å². The molecule has 0 spiro atoms. The lowest BCUT2D eigenvalue weighted by atomic mass is 10.0. The minimum atomic E-state index is -0.398. The van der Waals surface area contributed by atoms with Gasteiger partial charge in [0.1, 0.15) is 18.1 Å². The molecule has 7 heteroatoms. The molecule has 0 atom stereocenters. The standard InChI is InChI=1S/C23H25ClN2O4/c1-15-12-16(2)14-19(13-15)30-11-9-26-22(28)20(17-4-6-18(24)7-5-17)21(23(26)29)25(3)8-10-27/h4-7,12-14,27H,8-11H2,1-3H3. The van der Waals surface area contributed by atoms with Crippen molar-refractivity contribution in [3.63, 3.8) is 0 Å². The van der Waals surface area contributed by atoms with Crippen LogP contribution in [-0.2, 0) is 9.59 Å². The summed E-state index contributed by atoms with van der Waals surface area (Å²) < 4.78 is 5.79. The molecule has 158 valence electrons. The van der Waals surface area contributed by atoms with Crippen LogP contribution < -0.4 is 4.74 Å². The summed E-state index contributed by atoms with van der Waals surface area (Å²) in [5, 5.41) is 9.85. The van der Waals surface area contributed by atoms with E-state index in [0.717, 1.165) is 11.1 Å². The van der Waals surface area contributed by atoms with E-state index in [1.54, 1.807) is 36.2 Å². The Morgan fingerprint density at radius 2 is 1.67 bits per heavy atom. The van der Waals surface area contributed by atoms with Crippen molar-refractivity contribution < 1.29 is 19.4 Å². The molecule has 0 radical (unpaired) electrons. The zero-order valence-corrected chi connectivity index (χ0v) is 18.1. The number of ether oxygens (including phenoxy) is 1. The Morgan fingerprint density at radius 3 is 2.27 bits per heavy atom. The van der Waals surface area contributed by atoms with E-state index < -0.39 is 5.91 Å². The molecule has 2 aromatic rings. The molecule has 0 fully saturated rings. The van der Waals surface area contributed by atoms with Crippen molar-refractivity contribution in [1.82, 2.24) is 9.80 Å². The molecule has 1 heterocycles. The number of hydrogen-bond acceptors (Lipinski definition) is 5. The normalized spacial score (nSPS) is 14.0. The molecule has 0 unspecified atom stereocenters. The van der Waals surface area contributed by atoms with Gasteiger partial charge >= 0.3 is 0 Å². The van der Waals surface area contributed by atoms with Crippen molar-refractivity contribution in [1.29, 1.82) is 0 Å². The third kappa shape index (κ3) is 4.66. The molecule has 0 saturated heterocycles. The van der Waals surface area contributed by atoms with E-state index in [1.165, 1.54) is 4.90 Å². The van der Waals surface area contributed by atoms with Crippen LogP contribution in [0.2, 0.25) is 5.02 Å². The maximum Gasteiger partial charge on any atom is 0.277 e. The van der Waals surface area contributed by atoms with Gasteiger partial charge in [-0.3, -0.25) is 14.5 Å². The Bertz CT molecular complexity index is 965. The molecule has 1 aliphatic rings. The average Bonchev–Trinajstić information content (AvgIpc) is 2.93. The average molecular weight is 429 g/mol. The van der Waals surface area contributed by atoms with Crippen LogP contribution >= 0.6 is 11.6 Å². The number of aliphatic hydroxyl groups excluding tert-OH is 1. The molecular formula is C23H25ClN2O4. The van der Waals surface area contributed by atoms with Crippen molar-refractivity contribution in [2.45, 2.75) is 13.8 Å². The minimum Gasteiger partial charge on any atom is -0.492 e.